The highest BCUT2D eigenvalue weighted by molar-refractivity contribution is 6.33. The Morgan fingerprint density at radius 1 is 1.32 bits per heavy atom. The van der Waals surface area contributed by atoms with E-state index in [1.54, 1.807) is 42.6 Å². The normalized spacial score (nSPS) is 14.6. The largest absolute Gasteiger partial charge is 0.366 e. The molecule has 2 heterocycles. The molecule has 0 atom stereocenters. The maximum absolute atomic E-state index is 12.0. The number of nitrogens with one attached hydrogen (secondary N) is 2. The lowest BCUT2D eigenvalue weighted by Crippen LogP contribution is -2.11. The summed E-state index contributed by atoms with van der Waals surface area (Å²) in [6.07, 6.45) is 1.55. The van der Waals surface area contributed by atoms with Crippen LogP contribution < -0.4 is 16.4 Å². The van der Waals surface area contributed by atoms with E-state index >= 15 is 0 Å². The van der Waals surface area contributed by atoms with Gasteiger partial charge in [0.05, 0.1) is 5.57 Å². The average molecular weight is 315 g/mol. The minimum Gasteiger partial charge on any atom is -0.366 e. The summed E-state index contributed by atoms with van der Waals surface area (Å²) >= 11 is 5.80. The van der Waals surface area contributed by atoms with E-state index in [1.807, 2.05) is 0 Å². The molecule has 2 aromatic rings. The zero-order valence-electron chi connectivity index (χ0n) is 11.3. The summed E-state index contributed by atoms with van der Waals surface area (Å²) in [5, 5.41) is 5.92. The van der Waals surface area contributed by atoms with Gasteiger partial charge in [-0.15, -0.1) is 0 Å². The van der Waals surface area contributed by atoms with Crippen LogP contribution in [0.15, 0.2) is 42.6 Å². The summed E-state index contributed by atoms with van der Waals surface area (Å²) in [5.74, 6) is -0.362. The summed E-state index contributed by atoms with van der Waals surface area (Å²) in [7, 11) is 0. The minimum atomic E-state index is -0.515. The van der Waals surface area contributed by atoms with Gasteiger partial charge in [-0.1, -0.05) is 17.7 Å². The summed E-state index contributed by atoms with van der Waals surface area (Å²) in [4.78, 5) is 27.2. The molecule has 0 radical (unpaired) electrons. The highest BCUT2D eigenvalue weighted by atomic mass is 35.5. The van der Waals surface area contributed by atoms with Gasteiger partial charge in [-0.05, 0) is 30.3 Å². The molecule has 0 bridgehead atoms. The zero-order valence-corrected chi connectivity index (χ0v) is 12.0. The molecule has 0 fully saturated rings. The van der Waals surface area contributed by atoms with Gasteiger partial charge < -0.3 is 16.4 Å². The summed E-state index contributed by atoms with van der Waals surface area (Å²) < 4.78 is 0. The van der Waals surface area contributed by atoms with Crippen molar-refractivity contribution in [3.8, 4) is 0 Å². The summed E-state index contributed by atoms with van der Waals surface area (Å²) in [6.45, 7) is 0. The van der Waals surface area contributed by atoms with E-state index in [0.29, 0.717) is 33.4 Å². The molecule has 0 saturated heterocycles. The van der Waals surface area contributed by atoms with Gasteiger partial charge in [-0.25, -0.2) is 4.98 Å². The molecule has 1 aliphatic heterocycles. The number of pyridine rings is 1. The Balaban J connectivity index is 1.89. The number of hydrogen-bond donors (Lipinski definition) is 3. The fraction of sp³-hybridized carbons (Fsp3) is 0. The number of carbonyl (C=O) groups is 2. The SMILES string of the molecule is NC(=O)c1cccc(N/C=C2\C(=O)Nc3nc(Cl)ccc32)c1. The number of fused-ring (bicyclic) bond motifs is 1. The number of anilines is 2. The number of benzene rings is 1. The van der Waals surface area contributed by atoms with Crippen molar-refractivity contribution in [1.29, 1.82) is 0 Å². The molecule has 0 spiro atoms. The van der Waals surface area contributed by atoms with Gasteiger partial charge in [-0.2, -0.15) is 0 Å². The molecule has 1 aromatic heterocycles. The molecular weight excluding hydrogens is 304 g/mol. The topological polar surface area (TPSA) is 97.1 Å². The molecule has 3 rings (SSSR count). The average Bonchev–Trinajstić information content (AvgIpc) is 2.80. The van der Waals surface area contributed by atoms with Crippen molar-refractivity contribution in [2.45, 2.75) is 0 Å². The van der Waals surface area contributed by atoms with E-state index in [2.05, 4.69) is 15.6 Å². The van der Waals surface area contributed by atoms with Crippen molar-refractivity contribution in [2.24, 2.45) is 5.73 Å². The lowest BCUT2D eigenvalue weighted by Gasteiger charge is -2.04. The van der Waals surface area contributed by atoms with Gasteiger partial charge in [0, 0.05) is 23.0 Å². The highest BCUT2D eigenvalue weighted by Crippen LogP contribution is 2.31. The molecule has 22 heavy (non-hydrogen) atoms. The lowest BCUT2D eigenvalue weighted by molar-refractivity contribution is -0.110. The molecule has 0 aliphatic carbocycles. The first-order valence-corrected chi connectivity index (χ1v) is 6.77. The van der Waals surface area contributed by atoms with Gasteiger partial charge in [-0.3, -0.25) is 9.59 Å². The monoisotopic (exact) mass is 314 g/mol. The standard InChI is InChI=1S/C15H11ClN4O2/c16-12-5-4-10-11(15(22)20-14(10)19-12)7-18-9-3-1-2-8(6-9)13(17)21/h1-7,18H,(H2,17,21)(H,19,20,22)/b11-7-. The first-order valence-electron chi connectivity index (χ1n) is 6.39. The van der Waals surface area contributed by atoms with E-state index in [1.165, 1.54) is 0 Å². The Morgan fingerprint density at radius 3 is 2.91 bits per heavy atom. The minimum absolute atomic E-state index is 0.275. The van der Waals surface area contributed by atoms with E-state index in [9.17, 15) is 9.59 Å². The van der Waals surface area contributed by atoms with Crippen LogP contribution in [0.5, 0.6) is 0 Å². The summed E-state index contributed by atoms with van der Waals surface area (Å²) in [6, 6.07) is 10.0. The molecule has 1 aliphatic rings. The second-order valence-electron chi connectivity index (χ2n) is 4.63. The third kappa shape index (κ3) is 2.64. The van der Waals surface area contributed by atoms with Crippen molar-refractivity contribution >= 4 is 40.5 Å². The second-order valence-corrected chi connectivity index (χ2v) is 5.02. The number of nitrogens with zero attached hydrogens (tertiary/aromatic N) is 1. The maximum Gasteiger partial charge on any atom is 0.259 e. The van der Waals surface area contributed by atoms with Crippen molar-refractivity contribution in [3.05, 3.63) is 58.9 Å². The predicted molar refractivity (Wildman–Crippen MR) is 84.4 cm³/mol. The van der Waals surface area contributed by atoms with Gasteiger partial charge in [0.15, 0.2) is 0 Å². The number of aromatic nitrogens is 1. The van der Waals surface area contributed by atoms with Crippen LogP contribution in [0.25, 0.3) is 5.57 Å². The predicted octanol–water partition coefficient (Wildman–Crippen LogP) is 2.24. The Hall–Kier alpha value is -2.86. The third-order valence-corrected chi connectivity index (χ3v) is 3.37. The number of rotatable bonds is 3. The molecule has 1 aromatic carbocycles. The van der Waals surface area contributed by atoms with Gasteiger partial charge in [0.1, 0.15) is 11.0 Å². The molecule has 7 heteroatoms. The van der Waals surface area contributed by atoms with E-state index in [-0.39, 0.29) is 5.91 Å². The maximum atomic E-state index is 12.0. The van der Waals surface area contributed by atoms with Crippen molar-refractivity contribution in [1.82, 2.24) is 4.98 Å². The molecular formula is C15H11ClN4O2. The third-order valence-electron chi connectivity index (χ3n) is 3.16. The molecule has 6 nitrogen and oxygen atoms in total. The Kier molecular flexibility index (Phi) is 3.52. The first-order chi connectivity index (χ1) is 10.5. The van der Waals surface area contributed by atoms with Gasteiger partial charge in [0.2, 0.25) is 5.91 Å². The van der Waals surface area contributed by atoms with Crippen LogP contribution in [0.4, 0.5) is 11.5 Å². The molecule has 2 amide bonds. The number of hydrogen-bond acceptors (Lipinski definition) is 4. The number of carbonyl (C=O) groups excluding carboxylic acids is 2. The van der Waals surface area contributed by atoms with Gasteiger partial charge >= 0.3 is 0 Å². The second kappa shape index (κ2) is 5.50. The first kappa shape index (κ1) is 14.1. The van der Waals surface area contributed by atoms with Crippen LogP contribution in [0, 0.1) is 0 Å². The molecule has 0 saturated carbocycles. The number of primary amides is 1. The van der Waals surface area contributed by atoms with Crippen LogP contribution in [-0.2, 0) is 4.79 Å². The molecule has 110 valence electrons. The van der Waals surface area contributed by atoms with Crippen LogP contribution in [0.1, 0.15) is 15.9 Å². The fourth-order valence-corrected chi connectivity index (χ4v) is 2.25. The number of halogens is 1. The fourth-order valence-electron chi connectivity index (χ4n) is 2.11. The van der Waals surface area contributed by atoms with E-state index < -0.39 is 5.91 Å². The van der Waals surface area contributed by atoms with Gasteiger partial charge in [0.25, 0.3) is 5.91 Å². The van der Waals surface area contributed by atoms with E-state index in [4.69, 9.17) is 17.3 Å². The Bertz CT molecular complexity index is 817. The Labute approximate surface area is 131 Å². The van der Waals surface area contributed by atoms with Crippen LogP contribution >= 0.6 is 11.6 Å². The highest BCUT2D eigenvalue weighted by Gasteiger charge is 2.25. The number of nitrogens with two attached hydrogens (primary N) is 1. The van der Waals surface area contributed by atoms with Crippen molar-refractivity contribution in [2.75, 3.05) is 10.6 Å². The van der Waals surface area contributed by atoms with E-state index in [0.717, 1.165) is 0 Å². The summed E-state index contributed by atoms with van der Waals surface area (Å²) in [5.41, 5.74) is 7.36. The molecule has 4 N–H and O–H groups in total. The van der Waals surface area contributed by atoms with Crippen LogP contribution in [0.2, 0.25) is 5.15 Å². The molecule has 0 unspecified atom stereocenters. The smallest absolute Gasteiger partial charge is 0.259 e. The van der Waals surface area contributed by atoms with Crippen molar-refractivity contribution in [3.63, 3.8) is 0 Å². The van der Waals surface area contributed by atoms with Crippen LogP contribution in [-0.4, -0.2) is 16.8 Å². The van der Waals surface area contributed by atoms with Crippen molar-refractivity contribution < 1.29 is 9.59 Å². The lowest BCUT2D eigenvalue weighted by atomic mass is 10.1. The zero-order chi connectivity index (χ0) is 15.7. The Morgan fingerprint density at radius 2 is 2.14 bits per heavy atom. The quantitative estimate of drug-likeness (QED) is 0.598. The number of amides is 2. The van der Waals surface area contributed by atoms with Crippen LogP contribution in [0.3, 0.4) is 0 Å².